The fourth-order valence-corrected chi connectivity index (χ4v) is 4.05. The van der Waals surface area contributed by atoms with E-state index in [2.05, 4.69) is 20.4 Å². The number of carbonyl (C=O) groups is 1. The third kappa shape index (κ3) is 4.58. The normalized spacial score (nSPS) is 10.8. The fourth-order valence-electron chi connectivity index (χ4n) is 3.20. The van der Waals surface area contributed by atoms with Crippen molar-refractivity contribution in [3.05, 3.63) is 74.5 Å². The number of anilines is 1. The molecule has 3 heterocycles. The first-order chi connectivity index (χ1) is 15.5. The number of aromatic amines is 1. The minimum Gasteiger partial charge on any atom is -0.496 e. The van der Waals surface area contributed by atoms with Crippen molar-refractivity contribution in [2.75, 3.05) is 12.4 Å². The molecule has 3 aromatic heterocycles. The van der Waals surface area contributed by atoms with Crippen LogP contribution in [0.3, 0.4) is 0 Å². The monoisotopic (exact) mass is 469 g/mol. The van der Waals surface area contributed by atoms with Gasteiger partial charge >= 0.3 is 0 Å². The molecule has 0 aliphatic rings. The standard InChI is InChI=1S/C22H20ClN5O3S/c1-3-5-14-11-20(29)26-22(24-14)28-19(12-16(27-28)18-6-4-9-32-18)25-21(30)15-10-13(23)7-8-17(15)31-2/h4,6-12H,3,5H2,1-2H3,(H,25,30)(H,24,26,29). The Kier molecular flexibility index (Phi) is 6.38. The highest BCUT2D eigenvalue weighted by Crippen LogP contribution is 2.29. The number of aromatic nitrogens is 4. The molecule has 0 unspecified atom stereocenters. The number of hydrogen-bond acceptors (Lipinski definition) is 6. The number of halogens is 1. The molecule has 2 N–H and O–H groups in total. The molecule has 10 heteroatoms. The summed E-state index contributed by atoms with van der Waals surface area (Å²) >= 11 is 7.60. The Morgan fingerprint density at radius 1 is 1.28 bits per heavy atom. The second-order valence-corrected chi connectivity index (χ2v) is 8.30. The zero-order chi connectivity index (χ0) is 22.7. The van der Waals surface area contributed by atoms with E-state index in [4.69, 9.17) is 16.3 Å². The molecule has 1 aromatic carbocycles. The summed E-state index contributed by atoms with van der Waals surface area (Å²) in [5, 5.41) is 9.78. The van der Waals surface area contributed by atoms with E-state index in [1.54, 1.807) is 18.2 Å². The maximum Gasteiger partial charge on any atom is 0.260 e. The summed E-state index contributed by atoms with van der Waals surface area (Å²) in [6.45, 7) is 2.01. The van der Waals surface area contributed by atoms with Crippen molar-refractivity contribution in [1.29, 1.82) is 0 Å². The van der Waals surface area contributed by atoms with Gasteiger partial charge in [-0.15, -0.1) is 11.3 Å². The van der Waals surface area contributed by atoms with Gasteiger partial charge in [-0.1, -0.05) is 31.0 Å². The van der Waals surface area contributed by atoms with E-state index in [1.165, 1.54) is 35.3 Å². The molecule has 4 aromatic rings. The molecule has 0 aliphatic carbocycles. The van der Waals surface area contributed by atoms with Crippen LogP contribution in [-0.2, 0) is 6.42 Å². The zero-order valence-electron chi connectivity index (χ0n) is 17.4. The highest BCUT2D eigenvalue weighted by Gasteiger charge is 2.19. The molecule has 32 heavy (non-hydrogen) atoms. The van der Waals surface area contributed by atoms with E-state index >= 15 is 0 Å². The number of H-pyrrole nitrogens is 1. The van der Waals surface area contributed by atoms with Crippen LogP contribution in [0.5, 0.6) is 5.75 Å². The molecule has 0 radical (unpaired) electrons. The SMILES string of the molecule is CCCc1cc(=O)[nH]c(-n2nc(-c3cccs3)cc2NC(=O)c2cc(Cl)ccc2OC)n1. The summed E-state index contributed by atoms with van der Waals surface area (Å²) in [5.41, 5.74) is 1.26. The van der Waals surface area contributed by atoms with Crippen LogP contribution in [-0.4, -0.2) is 32.8 Å². The highest BCUT2D eigenvalue weighted by atomic mass is 35.5. The second kappa shape index (κ2) is 9.37. The van der Waals surface area contributed by atoms with E-state index in [1.807, 2.05) is 24.4 Å². The number of amides is 1. The summed E-state index contributed by atoms with van der Waals surface area (Å²) in [6, 6.07) is 11.8. The number of nitrogens with zero attached hydrogens (tertiary/aromatic N) is 3. The van der Waals surface area contributed by atoms with Gasteiger partial charge in [0, 0.05) is 22.8 Å². The van der Waals surface area contributed by atoms with Crippen molar-refractivity contribution in [1.82, 2.24) is 19.7 Å². The van der Waals surface area contributed by atoms with Gasteiger partial charge in [0.25, 0.3) is 11.5 Å². The number of benzene rings is 1. The van der Waals surface area contributed by atoms with Gasteiger partial charge in [0.15, 0.2) is 0 Å². The molecule has 4 rings (SSSR count). The Balaban J connectivity index is 1.79. The van der Waals surface area contributed by atoms with Gasteiger partial charge in [0.1, 0.15) is 17.3 Å². The number of aryl methyl sites for hydroxylation is 1. The first kappa shape index (κ1) is 21.8. The maximum absolute atomic E-state index is 13.1. The average Bonchev–Trinajstić information content (AvgIpc) is 3.43. The Labute approximate surface area is 192 Å². The number of rotatable bonds is 7. The van der Waals surface area contributed by atoms with Crippen LogP contribution in [0.25, 0.3) is 16.5 Å². The molecule has 0 saturated heterocycles. The summed E-state index contributed by atoms with van der Waals surface area (Å²) in [4.78, 5) is 33.4. The minimum atomic E-state index is -0.435. The minimum absolute atomic E-state index is 0.220. The molecule has 0 spiro atoms. The van der Waals surface area contributed by atoms with E-state index in [0.717, 1.165) is 11.3 Å². The van der Waals surface area contributed by atoms with E-state index in [-0.39, 0.29) is 17.1 Å². The lowest BCUT2D eigenvalue weighted by molar-refractivity contribution is 0.102. The Morgan fingerprint density at radius 3 is 2.84 bits per heavy atom. The van der Waals surface area contributed by atoms with Crippen LogP contribution < -0.4 is 15.6 Å². The van der Waals surface area contributed by atoms with E-state index in [0.29, 0.717) is 34.4 Å². The van der Waals surface area contributed by atoms with Crippen LogP contribution in [0, 0.1) is 0 Å². The van der Waals surface area contributed by atoms with Gasteiger partial charge in [-0.2, -0.15) is 9.78 Å². The average molecular weight is 470 g/mol. The predicted molar refractivity (Wildman–Crippen MR) is 125 cm³/mol. The molecule has 0 saturated carbocycles. The molecular weight excluding hydrogens is 450 g/mol. The summed E-state index contributed by atoms with van der Waals surface area (Å²) < 4.78 is 6.72. The molecule has 0 fully saturated rings. The van der Waals surface area contributed by atoms with Crippen LogP contribution >= 0.6 is 22.9 Å². The van der Waals surface area contributed by atoms with Crippen LogP contribution in [0.15, 0.2) is 52.6 Å². The quantitative estimate of drug-likeness (QED) is 0.413. The third-order valence-electron chi connectivity index (χ3n) is 4.62. The summed E-state index contributed by atoms with van der Waals surface area (Å²) in [6.07, 6.45) is 1.49. The Bertz CT molecular complexity index is 1310. The zero-order valence-corrected chi connectivity index (χ0v) is 19.0. The van der Waals surface area contributed by atoms with Gasteiger partial charge in [-0.25, -0.2) is 4.98 Å². The molecule has 0 bridgehead atoms. The van der Waals surface area contributed by atoms with Crippen molar-refractivity contribution in [2.45, 2.75) is 19.8 Å². The van der Waals surface area contributed by atoms with Gasteiger partial charge < -0.3 is 10.1 Å². The van der Waals surface area contributed by atoms with Crippen molar-refractivity contribution in [3.8, 4) is 22.3 Å². The van der Waals surface area contributed by atoms with Gasteiger partial charge in [0.2, 0.25) is 5.95 Å². The maximum atomic E-state index is 13.1. The van der Waals surface area contributed by atoms with Gasteiger partial charge in [-0.05, 0) is 36.1 Å². The second-order valence-electron chi connectivity index (χ2n) is 6.91. The largest absolute Gasteiger partial charge is 0.496 e. The summed E-state index contributed by atoms with van der Waals surface area (Å²) in [7, 11) is 1.48. The molecular formula is C22H20ClN5O3S. The topological polar surface area (TPSA) is 102 Å². The van der Waals surface area contributed by atoms with Crippen molar-refractivity contribution in [2.24, 2.45) is 0 Å². The fraction of sp³-hybridized carbons (Fsp3) is 0.182. The number of ether oxygens (including phenoxy) is 1. The van der Waals surface area contributed by atoms with Gasteiger partial charge in [-0.3, -0.25) is 14.6 Å². The molecule has 1 amide bonds. The van der Waals surface area contributed by atoms with E-state index in [9.17, 15) is 9.59 Å². The highest BCUT2D eigenvalue weighted by molar-refractivity contribution is 7.13. The van der Waals surface area contributed by atoms with E-state index < -0.39 is 5.91 Å². The lowest BCUT2D eigenvalue weighted by atomic mass is 10.2. The molecule has 8 nitrogen and oxygen atoms in total. The van der Waals surface area contributed by atoms with Crippen LogP contribution in [0.2, 0.25) is 5.02 Å². The van der Waals surface area contributed by atoms with Gasteiger partial charge in [0.05, 0.1) is 17.6 Å². The number of thiophene rings is 1. The lowest BCUT2D eigenvalue weighted by Gasteiger charge is -2.11. The molecule has 0 atom stereocenters. The first-order valence-electron chi connectivity index (χ1n) is 9.88. The predicted octanol–water partition coefficient (Wildman–Crippen LogP) is 4.55. The molecule has 164 valence electrons. The number of nitrogens with one attached hydrogen (secondary N) is 2. The van der Waals surface area contributed by atoms with Crippen molar-refractivity contribution >= 4 is 34.7 Å². The number of methoxy groups -OCH3 is 1. The number of carbonyl (C=O) groups excluding carboxylic acids is 1. The Morgan fingerprint density at radius 2 is 2.12 bits per heavy atom. The lowest BCUT2D eigenvalue weighted by Crippen LogP contribution is -2.19. The smallest absolute Gasteiger partial charge is 0.260 e. The third-order valence-corrected chi connectivity index (χ3v) is 5.75. The Hall–Kier alpha value is -3.43. The molecule has 0 aliphatic heterocycles. The van der Waals surface area contributed by atoms with Crippen LogP contribution in [0.4, 0.5) is 5.82 Å². The van der Waals surface area contributed by atoms with Crippen molar-refractivity contribution in [3.63, 3.8) is 0 Å². The summed E-state index contributed by atoms with van der Waals surface area (Å²) in [5.74, 6) is 0.512. The first-order valence-corrected chi connectivity index (χ1v) is 11.1. The van der Waals surface area contributed by atoms with Crippen LogP contribution in [0.1, 0.15) is 29.4 Å². The number of hydrogen-bond donors (Lipinski definition) is 2. The van der Waals surface area contributed by atoms with Crippen molar-refractivity contribution < 1.29 is 9.53 Å².